The first-order valence-electron chi connectivity index (χ1n) is 19.3. The first kappa shape index (κ1) is 38.4. The smallest absolute Gasteiger partial charge is 0.410 e. The number of para-hydroxylation sites is 1. The second kappa shape index (κ2) is 15.0. The van der Waals surface area contributed by atoms with Gasteiger partial charge in [0.1, 0.15) is 30.2 Å². The molecule has 55 heavy (non-hydrogen) atoms. The van der Waals surface area contributed by atoms with Crippen LogP contribution < -0.4 is 10.1 Å². The van der Waals surface area contributed by atoms with Crippen LogP contribution in [0.15, 0.2) is 36.4 Å². The molecule has 1 saturated heterocycles. The van der Waals surface area contributed by atoms with Gasteiger partial charge in [-0.05, 0) is 96.6 Å². The van der Waals surface area contributed by atoms with Gasteiger partial charge in [-0.15, -0.1) is 0 Å². The number of nitrogens with one attached hydrogen (secondary N) is 1. The van der Waals surface area contributed by atoms with E-state index in [1.165, 1.54) is 0 Å². The van der Waals surface area contributed by atoms with E-state index in [4.69, 9.17) is 23.9 Å². The molecule has 2 fully saturated rings. The lowest BCUT2D eigenvalue weighted by atomic mass is 9.97. The molecular formula is C41H53FN6O7. The van der Waals surface area contributed by atoms with Crippen molar-refractivity contribution in [2.24, 2.45) is 13.0 Å². The summed E-state index contributed by atoms with van der Waals surface area (Å²) in [6, 6.07) is 10.8. The minimum absolute atomic E-state index is 0.0258. The quantitative estimate of drug-likeness (QED) is 0.195. The molecule has 1 N–H and O–H groups in total. The second-order valence-electron chi connectivity index (χ2n) is 17.0. The molecule has 2 aromatic carbocycles. The van der Waals surface area contributed by atoms with E-state index in [9.17, 15) is 18.8 Å². The zero-order chi connectivity index (χ0) is 39.2. The zero-order valence-electron chi connectivity index (χ0n) is 32.9. The number of carbonyl (C=O) groups is 3. The number of aryl methyl sites for hydroxylation is 1. The maximum atomic E-state index is 14.0. The summed E-state index contributed by atoms with van der Waals surface area (Å²) < 4.78 is 41.7. The van der Waals surface area contributed by atoms with Crippen LogP contribution in [-0.2, 0) is 34.2 Å². The number of alkyl halides is 1. The van der Waals surface area contributed by atoms with Crippen LogP contribution >= 0.6 is 0 Å². The number of carbonyl (C=O) groups excluding carboxylic acids is 3. The number of benzene rings is 2. The van der Waals surface area contributed by atoms with E-state index in [0.717, 1.165) is 52.9 Å². The number of hydrogen-bond donors (Lipinski definition) is 1. The highest BCUT2D eigenvalue weighted by molar-refractivity contribution is 6.01. The van der Waals surface area contributed by atoms with Crippen LogP contribution in [0.5, 0.6) is 5.75 Å². The maximum Gasteiger partial charge on any atom is 0.410 e. The first-order valence-corrected chi connectivity index (χ1v) is 19.3. The molecule has 3 amide bonds. The Balaban J connectivity index is 1.16. The second-order valence-corrected chi connectivity index (χ2v) is 17.0. The zero-order valence-corrected chi connectivity index (χ0v) is 32.9. The summed E-state index contributed by atoms with van der Waals surface area (Å²) in [6.45, 7) is 12.7. The van der Waals surface area contributed by atoms with Crippen molar-refractivity contribution in [1.82, 2.24) is 29.2 Å². The first-order chi connectivity index (χ1) is 26.1. The standard InChI is InChI=1S/C41H53FN6O7/c1-40(2,3)54-38(50)43-28(20-42)22-46-14-13-26-17-32-31(19-30(26)37(46)49)44-36(45(32)7)33-18-27-9-8-10-34(35(27)48(33)21-25-11-12-25)53-24-29-23-52-16-15-47(29)39(51)55-41(4,5)6/h8-10,17-19,25,28-29H,11-16,20-24H2,1-7H3,(H,43,50)/t28-,29+/m1/s1. The Bertz CT molecular complexity index is 2090. The molecule has 13 nitrogen and oxygen atoms in total. The maximum absolute atomic E-state index is 14.0. The van der Waals surface area contributed by atoms with E-state index in [1.807, 2.05) is 52.1 Å². The third-order valence-electron chi connectivity index (χ3n) is 10.2. The van der Waals surface area contributed by atoms with Gasteiger partial charge in [-0.3, -0.25) is 9.69 Å². The van der Waals surface area contributed by atoms with Crippen LogP contribution in [0, 0.1) is 5.92 Å². The predicted octanol–water partition coefficient (Wildman–Crippen LogP) is 6.48. The number of halogens is 1. The Kier molecular flexibility index (Phi) is 10.5. The Morgan fingerprint density at radius 2 is 1.82 bits per heavy atom. The van der Waals surface area contributed by atoms with E-state index in [0.29, 0.717) is 55.5 Å². The van der Waals surface area contributed by atoms with Crippen molar-refractivity contribution in [3.63, 3.8) is 0 Å². The molecule has 2 aromatic heterocycles. The van der Waals surface area contributed by atoms with Gasteiger partial charge in [0.15, 0.2) is 5.82 Å². The van der Waals surface area contributed by atoms with Gasteiger partial charge in [-0.2, -0.15) is 0 Å². The summed E-state index contributed by atoms with van der Waals surface area (Å²) in [5.41, 5.74) is 3.59. The Morgan fingerprint density at radius 3 is 2.53 bits per heavy atom. The van der Waals surface area contributed by atoms with Crippen molar-refractivity contribution >= 4 is 40.0 Å². The highest BCUT2D eigenvalue weighted by Crippen LogP contribution is 2.40. The average molecular weight is 761 g/mol. The van der Waals surface area contributed by atoms with Crippen LogP contribution in [-0.4, -0.2) is 111 Å². The number of hydrogen-bond acceptors (Lipinski definition) is 8. The lowest BCUT2D eigenvalue weighted by Gasteiger charge is -2.36. The summed E-state index contributed by atoms with van der Waals surface area (Å²) in [5, 5.41) is 3.58. The van der Waals surface area contributed by atoms with Crippen LogP contribution in [0.2, 0.25) is 0 Å². The Labute approximate surface area is 321 Å². The fourth-order valence-corrected chi connectivity index (χ4v) is 7.37. The van der Waals surface area contributed by atoms with Gasteiger partial charge >= 0.3 is 12.2 Å². The number of imidazole rings is 1. The fourth-order valence-electron chi connectivity index (χ4n) is 7.37. The topological polar surface area (TPSA) is 129 Å². The van der Waals surface area contributed by atoms with Crippen molar-refractivity contribution in [2.75, 3.05) is 46.1 Å². The van der Waals surface area contributed by atoms with Crippen LogP contribution in [0.1, 0.15) is 70.3 Å². The summed E-state index contributed by atoms with van der Waals surface area (Å²) >= 11 is 0. The normalized spacial score (nSPS) is 18.4. The van der Waals surface area contributed by atoms with Crippen molar-refractivity contribution in [3.8, 4) is 17.3 Å². The number of rotatable bonds is 10. The van der Waals surface area contributed by atoms with Crippen LogP contribution in [0.25, 0.3) is 33.5 Å². The van der Waals surface area contributed by atoms with Gasteiger partial charge in [-0.1, -0.05) is 12.1 Å². The molecule has 1 saturated carbocycles. The summed E-state index contributed by atoms with van der Waals surface area (Å²) in [6.07, 6.45) is 1.79. The van der Waals surface area contributed by atoms with Crippen LogP contribution in [0.4, 0.5) is 14.0 Å². The van der Waals surface area contributed by atoms with Crippen molar-refractivity contribution in [2.45, 2.75) is 90.6 Å². The predicted molar refractivity (Wildman–Crippen MR) is 206 cm³/mol. The number of ether oxygens (including phenoxy) is 4. The number of alkyl carbamates (subject to hydrolysis) is 1. The molecule has 2 atom stereocenters. The van der Waals surface area contributed by atoms with Gasteiger partial charge in [0.25, 0.3) is 5.91 Å². The molecule has 296 valence electrons. The van der Waals surface area contributed by atoms with Gasteiger partial charge in [-0.25, -0.2) is 19.0 Å². The number of aromatic nitrogens is 3. The third-order valence-corrected chi connectivity index (χ3v) is 10.2. The van der Waals surface area contributed by atoms with E-state index in [1.54, 1.807) is 30.6 Å². The monoisotopic (exact) mass is 760 g/mol. The molecule has 14 heteroatoms. The number of fused-ring (bicyclic) bond motifs is 3. The minimum Gasteiger partial charge on any atom is -0.489 e. The third kappa shape index (κ3) is 8.53. The molecule has 2 aliphatic heterocycles. The van der Waals surface area contributed by atoms with E-state index < -0.39 is 30.0 Å². The summed E-state index contributed by atoms with van der Waals surface area (Å²) in [5.74, 6) is 1.80. The van der Waals surface area contributed by atoms with Crippen molar-refractivity contribution in [1.29, 1.82) is 0 Å². The molecule has 4 aromatic rings. The summed E-state index contributed by atoms with van der Waals surface area (Å²) in [7, 11) is 1.99. The average Bonchev–Trinajstić information content (AvgIpc) is 3.79. The number of amides is 3. The van der Waals surface area contributed by atoms with E-state index >= 15 is 0 Å². The van der Waals surface area contributed by atoms with Gasteiger partial charge in [0.2, 0.25) is 0 Å². The molecule has 3 aliphatic rings. The molecule has 0 bridgehead atoms. The molecule has 0 spiro atoms. The molecule has 0 radical (unpaired) electrons. The van der Waals surface area contributed by atoms with Gasteiger partial charge in [0.05, 0.1) is 47.5 Å². The fraction of sp³-hybridized carbons (Fsp3) is 0.561. The minimum atomic E-state index is -0.896. The van der Waals surface area contributed by atoms with Crippen molar-refractivity contribution < 1.29 is 37.7 Å². The van der Waals surface area contributed by atoms with Gasteiger partial charge < -0.3 is 38.3 Å². The highest BCUT2D eigenvalue weighted by Gasteiger charge is 2.33. The highest BCUT2D eigenvalue weighted by atomic mass is 19.1. The molecule has 1 aliphatic carbocycles. The van der Waals surface area contributed by atoms with E-state index in [-0.39, 0.29) is 31.2 Å². The SMILES string of the molecule is Cn1c(-c2cc3cccc(OC[C@@H]4COCCN4C(=O)OC(C)(C)C)c3n2CC2CC2)nc2cc3c(cc21)CCN(C[C@@H](CF)NC(=O)OC(C)(C)C)C3=O. The Morgan fingerprint density at radius 1 is 1.05 bits per heavy atom. The molecule has 0 unspecified atom stereocenters. The number of morpholine rings is 1. The summed E-state index contributed by atoms with van der Waals surface area (Å²) in [4.78, 5) is 47.6. The lowest BCUT2D eigenvalue weighted by molar-refractivity contribution is -0.0417. The van der Waals surface area contributed by atoms with E-state index in [2.05, 4.69) is 26.6 Å². The molecule has 4 heterocycles. The Hall–Kier alpha value is -4.85. The molecule has 7 rings (SSSR count). The lowest BCUT2D eigenvalue weighted by Crippen LogP contribution is -2.52. The van der Waals surface area contributed by atoms with Crippen LogP contribution in [0.3, 0.4) is 0 Å². The molecular weight excluding hydrogens is 707 g/mol. The number of nitrogens with zero attached hydrogens (tertiary/aromatic N) is 5. The van der Waals surface area contributed by atoms with Crippen molar-refractivity contribution in [3.05, 3.63) is 47.5 Å². The largest absolute Gasteiger partial charge is 0.489 e. The van der Waals surface area contributed by atoms with Gasteiger partial charge in [0, 0.05) is 44.2 Å².